The normalized spacial score (nSPS) is 17.7. The molecular weight excluding hydrogens is 301 g/mol. The molecule has 6 heteroatoms. The van der Waals surface area contributed by atoms with Gasteiger partial charge in [-0.1, -0.05) is 0 Å². The maximum atomic E-state index is 12.8. The van der Waals surface area contributed by atoms with Gasteiger partial charge in [0.15, 0.2) is 0 Å². The summed E-state index contributed by atoms with van der Waals surface area (Å²) in [7, 11) is 0. The van der Waals surface area contributed by atoms with Crippen molar-refractivity contribution in [1.82, 2.24) is 4.90 Å². The summed E-state index contributed by atoms with van der Waals surface area (Å²) in [5, 5.41) is 10.0. The van der Waals surface area contributed by atoms with E-state index in [-0.39, 0.29) is 24.3 Å². The molecular formula is C17H24FNO4. The Balaban J connectivity index is 1.67. The molecule has 1 aliphatic rings. The maximum Gasteiger partial charge on any atom is 0.309 e. The van der Waals surface area contributed by atoms with Gasteiger partial charge in [-0.15, -0.1) is 0 Å². The molecule has 0 radical (unpaired) electrons. The SMILES string of the molecule is CCOC(=O)C1CCN(C[C@@H](O)COc2ccc(F)cc2)CC1. The quantitative estimate of drug-likeness (QED) is 0.775. The van der Waals surface area contributed by atoms with Gasteiger partial charge in [-0.25, -0.2) is 4.39 Å². The zero-order valence-electron chi connectivity index (χ0n) is 13.4. The van der Waals surface area contributed by atoms with E-state index in [1.165, 1.54) is 24.3 Å². The molecule has 23 heavy (non-hydrogen) atoms. The number of ether oxygens (including phenoxy) is 2. The summed E-state index contributed by atoms with van der Waals surface area (Å²) in [5.41, 5.74) is 0. The van der Waals surface area contributed by atoms with Gasteiger partial charge in [0.25, 0.3) is 0 Å². The first-order valence-corrected chi connectivity index (χ1v) is 8.04. The van der Waals surface area contributed by atoms with E-state index < -0.39 is 6.10 Å². The van der Waals surface area contributed by atoms with Gasteiger partial charge in [-0.2, -0.15) is 0 Å². The van der Waals surface area contributed by atoms with E-state index in [2.05, 4.69) is 4.90 Å². The number of esters is 1. The molecule has 0 aromatic heterocycles. The van der Waals surface area contributed by atoms with Crippen molar-refractivity contribution in [1.29, 1.82) is 0 Å². The minimum atomic E-state index is -0.626. The Morgan fingerprint density at radius 2 is 2.00 bits per heavy atom. The highest BCUT2D eigenvalue weighted by Crippen LogP contribution is 2.19. The lowest BCUT2D eigenvalue weighted by molar-refractivity contribution is -0.149. The number of carbonyl (C=O) groups excluding carboxylic acids is 1. The van der Waals surface area contributed by atoms with Crippen LogP contribution in [0.15, 0.2) is 24.3 Å². The molecule has 1 aromatic rings. The van der Waals surface area contributed by atoms with Crippen molar-refractivity contribution < 1.29 is 23.8 Å². The number of rotatable bonds is 7. The molecule has 0 saturated carbocycles. The molecule has 2 rings (SSSR count). The predicted molar refractivity (Wildman–Crippen MR) is 83.7 cm³/mol. The largest absolute Gasteiger partial charge is 0.491 e. The number of hydrogen-bond acceptors (Lipinski definition) is 5. The van der Waals surface area contributed by atoms with Crippen molar-refractivity contribution in [2.45, 2.75) is 25.9 Å². The summed E-state index contributed by atoms with van der Waals surface area (Å²) < 4.78 is 23.3. The van der Waals surface area contributed by atoms with Crippen LogP contribution in [0.25, 0.3) is 0 Å². The molecule has 0 spiro atoms. The average Bonchev–Trinajstić information content (AvgIpc) is 2.55. The number of halogens is 1. The monoisotopic (exact) mass is 325 g/mol. The molecule has 0 unspecified atom stereocenters. The first kappa shape index (κ1) is 17.7. The van der Waals surface area contributed by atoms with E-state index in [9.17, 15) is 14.3 Å². The van der Waals surface area contributed by atoms with Crippen molar-refractivity contribution >= 4 is 5.97 Å². The van der Waals surface area contributed by atoms with Crippen LogP contribution in [-0.4, -0.2) is 54.9 Å². The minimum absolute atomic E-state index is 0.0289. The molecule has 1 atom stereocenters. The average molecular weight is 325 g/mol. The number of β-amino-alcohol motifs (C(OH)–C–C–N with tert-alkyl or cyclic N) is 1. The Labute approximate surface area is 136 Å². The minimum Gasteiger partial charge on any atom is -0.491 e. The highest BCUT2D eigenvalue weighted by Gasteiger charge is 2.26. The molecule has 1 saturated heterocycles. The Hall–Kier alpha value is -1.66. The number of hydrogen-bond donors (Lipinski definition) is 1. The number of likely N-dealkylation sites (tertiary alicyclic amines) is 1. The van der Waals surface area contributed by atoms with E-state index in [1.807, 2.05) is 6.92 Å². The lowest BCUT2D eigenvalue weighted by atomic mass is 9.97. The fourth-order valence-corrected chi connectivity index (χ4v) is 2.69. The van der Waals surface area contributed by atoms with Crippen LogP contribution < -0.4 is 4.74 Å². The number of aliphatic hydroxyl groups is 1. The zero-order valence-corrected chi connectivity index (χ0v) is 13.4. The number of piperidine rings is 1. The standard InChI is InChI=1S/C17H24FNO4/c1-2-22-17(21)13-7-9-19(10-8-13)11-15(20)12-23-16-5-3-14(18)4-6-16/h3-6,13,15,20H,2,7-12H2,1H3/t15-/m1/s1. The lowest BCUT2D eigenvalue weighted by Crippen LogP contribution is -2.42. The van der Waals surface area contributed by atoms with Gasteiger partial charge in [-0.3, -0.25) is 4.79 Å². The van der Waals surface area contributed by atoms with Crippen LogP contribution in [0.3, 0.4) is 0 Å². The van der Waals surface area contributed by atoms with Crippen molar-refractivity contribution in [2.24, 2.45) is 5.92 Å². The molecule has 0 aliphatic carbocycles. The molecule has 1 fully saturated rings. The van der Waals surface area contributed by atoms with Crippen LogP contribution in [-0.2, 0) is 9.53 Å². The van der Waals surface area contributed by atoms with Gasteiger partial charge < -0.3 is 19.5 Å². The second-order valence-corrected chi connectivity index (χ2v) is 5.75. The zero-order chi connectivity index (χ0) is 16.7. The summed E-state index contributed by atoms with van der Waals surface area (Å²) in [6.45, 7) is 4.40. The highest BCUT2D eigenvalue weighted by molar-refractivity contribution is 5.72. The van der Waals surface area contributed by atoms with Crippen LogP contribution in [0.1, 0.15) is 19.8 Å². The second kappa shape index (κ2) is 8.84. The molecule has 1 heterocycles. The summed E-state index contributed by atoms with van der Waals surface area (Å²) in [6.07, 6.45) is 0.883. The summed E-state index contributed by atoms with van der Waals surface area (Å²) in [4.78, 5) is 13.8. The molecule has 0 bridgehead atoms. The third kappa shape index (κ3) is 5.80. The molecule has 1 aromatic carbocycles. The Kier molecular flexibility index (Phi) is 6.80. The van der Waals surface area contributed by atoms with Crippen LogP contribution in [0.2, 0.25) is 0 Å². The van der Waals surface area contributed by atoms with Crippen molar-refractivity contribution in [3.8, 4) is 5.75 Å². The van der Waals surface area contributed by atoms with Gasteiger partial charge >= 0.3 is 5.97 Å². The number of carbonyl (C=O) groups is 1. The van der Waals surface area contributed by atoms with E-state index in [1.54, 1.807) is 0 Å². The predicted octanol–water partition coefficient (Wildman–Crippen LogP) is 1.84. The Bertz CT molecular complexity index is 486. The molecule has 5 nitrogen and oxygen atoms in total. The molecule has 128 valence electrons. The first-order valence-electron chi connectivity index (χ1n) is 8.04. The van der Waals surface area contributed by atoms with E-state index in [4.69, 9.17) is 9.47 Å². The Morgan fingerprint density at radius 3 is 2.61 bits per heavy atom. The second-order valence-electron chi connectivity index (χ2n) is 5.75. The van der Waals surface area contributed by atoms with Crippen LogP contribution in [0.5, 0.6) is 5.75 Å². The smallest absolute Gasteiger partial charge is 0.309 e. The Morgan fingerprint density at radius 1 is 1.35 bits per heavy atom. The summed E-state index contributed by atoms with van der Waals surface area (Å²) >= 11 is 0. The van der Waals surface area contributed by atoms with Crippen molar-refractivity contribution in [3.05, 3.63) is 30.1 Å². The van der Waals surface area contributed by atoms with Crippen LogP contribution >= 0.6 is 0 Å². The van der Waals surface area contributed by atoms with Crippen molar-refractivity contribution in [3.63, 3.8) is 0 Å². The fourth-order valence-electron chi connectivity index (χ4n) is 2.69. The van der Waals surface area contributed by atoms with Crippen LogP contribution in [0, 0.1) is 11.7 Å². The lowest BCUT2D eigenvalue weighted by Gasteiger charge is -2.32. The van der Waals surface area contributed by atoms with Crippen molar-refractivity contribution in [2.75, 3.05) is 32.8 Å². The van der Waals surface area contributed by atoms with Gasteiger partial charge in [0.05, 0.1) is 12.5 Å². The van der Waals surface area contributed by atoms with Gasteiger partial charge in [-0.05, 0) is 57.1 Å². The third-order valence-corrected chi connectivity index (χ3v) is 3.93. The maximum absolute atomic E-state index is 12.8. The highest BCUT2D eigenvalue weighted by atomic mass is 19.1. The number of aliphatic hydroxyl groups excluding tert-OH is 1. The summed E-state index contributed by atoms with van der Waals surface area (Å²) in [6, 6.07) is 5.71. The van der Waals surface area contributed by atoms with Gasteiger partial charge in [0.2, 0.25) is 0 Å². The molecule has 1 aliphatic heterocycles. The van der Waals surface area contributed by atoms with E-state index >= 15 is 0 Å². The van der Waals surface area contributed by atoms with E-state index in [0.29, 0.717) is 18.9 Å². The summed E-state index contributed by atoms with van der Waals surface area (Å²) in [5.74, 6) is 0.0694. The number of nitrogens with zero attached hydrogens (tertiary/aromatic N) is 1. The first-order chi connectivity index (χ1) is 11.1. The van der Waals surface area contributed by atoms with E-state index in [0.717, 1.165) is 25.9 Å². The topological polar surface area (TPSA) is 59.0 Å². The van der Waals surface area contributed by atoms with Gasteiger partial charge in [0, 0.05) is 6.54 Å². The van der Waals surface area contributed by atoms with Gasteiger partial charge in [0.1, 0.15) is 24.3 Å². The molecule has 0 amide bonds. The number of benzene rings is 1. The van der Waals surface area contributed by atoms with Crippen LogP contribution in [0.4, 0.5) is 4.39 Å². The fraction of sp³-hybridized carbons (Fsp3) is 0.588. The molecule has 1 N–H and O–H groups in total. The third-order valence-electron chi connectivity index (χ3n) is 3.93.